The number of hydrogen-bond donors (Lipinski definition) is 2. The molecule has 0 aliphatic carbocycles. The predicted molar refractivity (Wildman–Crippen MR) is 127 cm³/mol. The lowest BCUT2D eigenvalue weighted by Crippen LogP contribution is -2.14. The van der Waals surface area contributed by atoms with Gasteiger partial charge in [-0.15, -0.1) is 12.6 Å². The van der Waals surface area contributed by atoms with Crippen molar-refractivity contribution in [3.05, 3.63) is 119 Å². The molecule has 0 unspecified atom stereocenters. The number of benzene rings is 1. The van der Waals surface area contributed by atoms with E-state index < -0.39 is 0 Å². The number of thiol groups is 1. The second-order valence-corrected chi connectivity index (χ2v) is 6.38. The van der Waals surface area contributed by atoms with Gasteiger partial charge in [-0.1, -0.05) is 92.1 Å². The summed E-state index contributed by atoms with van der Waals surface area (Å²) in [6.45, 7) is 20.4. The zero-order valence-electron chi connectivity index (χ0n) is 17.1. The SMILES string of the molecule is C=C/C(S)=C(\C=C)C(=C)NCc1ccccc1C.C\C=C/C=C(C)\C=C\C. The van der Waals surface area contributed by atoms with Crippen molar-refractivity contribution in [1.29, 1.82) is 0 Å². The molecule has 0 aliphatic heterocycles. The first kappa shape index (κ1) is 24.6. The average molecular weight is 380 g/mol. The highest BCUT2D eigenvalue weighted by Gasteiger charge is 2.03. The summed E-state index contributed by atoms with van der Waals surface area (Å²) in [7, 11) is 0. The molecule has 27 heavy (non-hydrogen) atoms. The van der Waals surface area contributed by atoms with Crippen LogP contribution < -0.4 is 5.32 Å². The molecule has 0 bridgehead atoms. The van der Waals surface area contributed by atoms with Crippen molar-refractivity contribution in [2.75, 3.05) is 0 Å². The van der Waals surface area contributed by atoms with E-state index >= 15 is 0 Å². The fourth-order valence-electron chi connectivity index (χ4n) is 2.16. The molecule has 1 aromatic carbocycles. The van der Waals surface area contributed by atoms with Gasteiger partial charge in [-0.25, -0.2) is 0 Å². The Hall–Kier alpha value is -2.45. The fourth-order valence-corrected chi connectivity index (χ4v) is 2.39. The largest absolute Gasteiger partial charge is 0.381 e. The van der Waals surface area contributed by atoms with Gasteiger partial charge in [0, 0.05) is 22.7 Å². The second kappa shape index (κ2) is 14.7. The molecular weight excluding hydrogens is 346 g/mol. The lowest BCUT2D eigenvalue weighted by atomic mass is 10.1. The van der Waals surface area contributed by atoms with E-state index in [2.05, 4.69) is 75.8 Å². The predicted octanol–water partition coefficient (Wildman–Crippen LogP) is 7.24. The van der Waals surface area contributed by atoms with Gasteiger partial charge in [-0.05, 0) is 38.8 Å². The number of allylic oxidation sites excluding steroid dienone is 8. The molecule has 0 saturated carbocycles. The van der Waals surface area contributed by atoms with Crippen LogP contribution in [0.15, 0.2) is 108 Å². The van der Waals surface area contributed by atoms with E-state index in [-0.39, 0.29) is 0 Å². The summed E-state index contributed by atoms with van der Waals surface area (Å²) < 4.78 is 0. The molecule has 0 fully saturated rings. The van der Waals surface area contributed by atoms with Crippen LogP contribution >= 0.6 is 12.6 Å². The first-order valence-corrected chi connectivity index (χ1v) is 9.43. The fraction of sp³-hybridized carbons (Fsp3) is 0.200. The summed E-state index contributed by atoms with van der Waals surface area (Å²) in [5.41, 5.74) is 5.48. The molecule has 1 N–H and O–H groups in total. The molecule has 1 aromatic rings. The lowest BCUT2D eigenvalue weighted by Gasteiger charge is -2.13. The third-order valence-corrected chi connectivity index (χ3v) is 4.16. The Morgan fingerprint density at radius 3 is 2.30 bits per heavy atom. The van der Waals surface area contributed by atoms with E-state index in [0.717, 1.165) is 22.7 Å². The highest BCUT2D eigenvalue weighted by Crippen LogP contribution is 2.17. The Kier molecular flexibility index (Phi) is 13.4. The second-order valence-electron chi connectivity index (χ2n) is 5.90. The number of rotatable bonds is 8. The third-order valence-electron chi connectivity index (χ3n) is 3.73. The van der Waals surface area contributed by atoms with Crippen molar-refractivity contribution in [3.63, 3.8) is 0 Å². The Balaban J connectivity index is 0.000000636. The normalized spacial score (nSPS) is 12.3. The van der Waals surface area contributed by atoms with Crippen molar-refractivity contribution >= 4 is 12.6 Å². The van der Waals surface area contributed by atoms with E-state index in [1.807, 2.05) is 44.2 Å². The third kappa shape index (κ3) is 10.3. The monoisotopic (exact) mass is 379 g/mol. The van der Waals surface area contributed by atoms with Crippen LogP contribution in [0.5, 0.6) is 0 Å². The Morgan fingerprint density at radius 1 is 1.11 bits per heavy atom. The molecule has 0 radical (unpaired) electrons. The van der Waals surface area contributed by atoms with Gasteiger partial charge in [0.2, 0.25) is 0 Å². The van der Waals surface area contributed by atoms with Crippen molar-refractivity contribution in [2.24, 2.45) is 0 Å². The van der Waals surface area contributed by atoms with Gasteiger partial charge in [0.15, 0.2) is 0 Å². The minimum absolute atomic E-state index is 0.737. The molecule has 0 aliphatic rings. The average Bonchev–Trinajstić information content (AvgIpc) is 2.66. The van der Waals surface area contributed by atoms with Crippen LogP contribution in [0, 0.1) is 6.92 Å². The van der Waals surface area contributed by atoms with Crippen LogP contribution in [-0.2, 0) is 6.54 Å². The topological polar surface area (TPSA) is 12.0 Å². The van der Waals surface area contributed by atoms with Gasteiger partial charge in [-0.2, -0.15) is 0 Å². The van der Waals surface area contributed by atoms with Crippen LogP contribution in [0.25, 0.3) is 0 Å². The Labute approximate surface area is 171 Å². The molecule has 0 atom stereocenters. The molecule has 0 heterocycles. The number of aryl methyl sites for hydroxylation is 1. The first-order valence-electron chi connectivity index (χ1n) is 8.99. The van der Waals surface area contributed by atoms with E-state index in [9.17, 15) is 0 Å². The molecular formula is C25H33NS. The van der Waals surface area contributed by atoms with Crippen LogP contribution in [0.2, 0.25) is 0 Å². The minimum Gasteiger partial charge on any atom is -0.381 e. The van der Waals surface area contributed by atoms with Crippen LogP contribution in [-0.4, -0.2) is 0 Å². The molecule has 0 amide bonds. The van der Waals surface area contributed by atoms with Crippen LogP contribution in [0.1, 0.15) is 31.9 Å². The van der Waals surface area contributed by atoms with Crippen molar-refractivity contribution in [3.8, 4) is 0 Å². The molecule has 144 valence electrons. The van der Waals surface area contributed by atoms with Gasteiger partial charge in [0.1, 0.15) is 0 Å². The molecule has 2 heteroatoms. The van der Waals surface area contributed by atoms with Gasteiger partial charge in [0.25, 0.3) is 0 Å². The van der Waals surface area contributed by atoms with Gasteiger partial charge in [-0.3, -0.25) is 0 Å². The van der Waals surface area contributed by atoms with Crippen LogP contribution in [0.4, 0.5) is 0 Å². The smallest absolute Gasteiger partial charge is 0.0403 e. The van der Waals surface area contributed by atoms with Crippen LogP contribution in [0.3, 0.4) is 0 Å². The summed E-state index contributed by atoms with van der Waals surface area (Å²) in [6, 6.07) is 8.26. The molecule has 0 aromatic heterocycles. The maximum atomic E-state index is 4.33. The maximum absolute atomic E-state index is 4.33. The Morgan fingerprint density at radius 2 is 1.78 bits per heavy atom. The molecule has 1 rings (SSSR count). The summed E-state index contributed by atoms with van der Waals surface area (Å²) >= 11 is 4.33. The van der Waals surface area contributed by atoms with Crippen molar-refractivity contribution in [2.45, 2.75) is 34.2 Å². The van der Waals surface area contributed by atoms with E-state index in [0.29, 0.717) is 0 Å². The molecule has 0 spiro atoms. The zero-order chi connectivity index (χ0) is 20.7. The number of hydrogen-bond acceptors (Lipinski definition) is 2. The Bertz CT molecular complexity index is 745. The minimum atomic E-state index is 0.737. The van der Waals surface area contributed by atoms with Gasteiger partial charge >= 0.3 is 0 Å². The summed E-state index contributed by atoms with van der Waals surface area (Å²) in [4.78, 5) is 0.771. The van der Waals surface area contributed by atoms with E-state index in [1.165, 1.54) is 16.7 Å². The van der Waals surface area contributed by atoms with Gasteiger partial charge < -0.3 is 5.32 Å². The lowest BCUT2D eigenvalue weighted by molar-refractivity contribution is 0.822. The van der Waals surface area contributed by atoms with E-state index in [1.54, 1.807) is 12.2 Å². The number of nitrogens with one attached hydrogen (secondary N) is 1. The summed E-state index contributed by atoms with van der Waals surface area (Å²) in [5, 5.41) is 3.29. The van der Waals surface area contributed by atoms with Gasteiger partial charge in [0.05, 0.1) is 0 Å². The van der Waals surface area contributed by atoms with Crippen molar-refractivity contribution in [1.82, 2.24) is 5.32 Å². The first-order chi connectivity index (χ1) is 12.9. The molecule has 0 saturated heterocycles. The van der Waals surface area contributed by atoms with Crippen molar-refractivity contribution < 1.29 is 0 Å². The quantitative estimate of drug-likeness (QED) is 0.358. The zero-order valence-corrected chi connectivity index (χ0v) is 18.0. The summed E-state index contributed by atoms with van der Waals surface area (Å²) in [5.74, 6) is 0. The molecule has 1 nitrogen and oxygen atoms in total. The highest BCUT2D eigenvalue weighted by atomic mass is 32.1. The van der Waals surface area contributed by atoms with E-state index in [4.69, 9.17) is 0 Å². The standard InChI is InChI=1S/C16H19NS.C9H14/c1-5-15(16(18)6-2)13(4)17-11-14-10-8-7-9-12(14)3;1-4-6-8-9(3)7-5-2/h5-10,17-18H,1-2,4,11H2,3H3;4-8H,1-3H3/b16-15-;6-4-,7-5+,9-8-. The highest BCUT2D eigenvalue weighted by molar-refractivity contribution is 7.84. The summed E-state index contributed by atoms with van der Waals surface area (Å²) in [6.07, 6.45) is 13.7. The maximum Gasteiger partial charge on any atom is 0.0403 e.